The van der Waals surface area contributed by atoms with Gasteiger partial charge in [0.2, 0.25) is 0 Å². The number of ketones is 1. The van der Waals surface area contributed by atoms with Crippen LogP contribution < -0.4 is 0 Å². The van der Waals surface area contributed by atoms with Gasteiger partial charge >= 0.3 is 5.97 Å². The summed E-state index contributed by atoms with van der Waals surface area (Å²) < 4.78 is 4.76. The van der Waals surface area contributed by atoms with Crippen molar-refractivity contribution in [3.05, 3.63) is 89.0 Å². The third-order valence-electron chi connectivity index (χ3n) is 5.43. The van der Waals surface area contributed by atoms with Crippen LogP contribution in [0.15, 0.2) is 72.3 Å². The van der Waals surface area contributed by atoms with E-state index in [2.05, 4.69) is 43.3 Å². The van der Waals surface area contributed by atoms with Crippen molar-refractivity contribution < 1.29 is 14.3 Å². The van der Waals surface area contributed by atoms with Gasteiger partial charge < -0.3 is 4.74 Å². The third-order valence-corrected chi connectivity index (χ3v) is 5.43. The molecule has 0 saturated carbocycles. The molecule has 2 aromatic carbocycles. The van der Waals surface area contributed by atoms with E-state index in [1.165, 1.54) is 23.8 Å². The molecule has 0 heterocycles. The number of hydrogen-bond donors (Lipinski definition) is 0. The number of carbonyl (C=O) groups excluding carboxylic acids is 2. The summed E-state index contributed by atoms with van der Waals surface area (Å²) in [7, 11) is 1.36. The number of allylic oxidation sites excluding steroid dienone is 4. The first-order valence-electron chi connectivity index (χ1n) is 10.3. The van der Waals surface area contributed by atoms with E-state index in [0.717, 1.165) is 24.8 Å². The van der Waals surface area contributed by atoms with Gasteiger partial charge in [-0.05, 0) is 41.7 Å². The summed E-state index contributed by atoms with van der Waals surface area (Å²) in [5.74, 6) is 0.214. The molecular formula is C26H28O3. The number of Topliss-reactive ketones (excluding diaryl/α,β-unsaturated/α-hetero) is 1. The molecule has 2 aromatic rings. The number of hydrogen-bond acceptors (Lipinski definition) is 3. The van der Waals surface area contributed by atoms with Crippen LogP contribution >= 0.6 is 0 Å². The van der Waals surface area contributed by atoms with Gasteiger partial charge in [-0.15, -0.1) is 0 Å². The highest BCUT2D eigenvalue weighted by Crippen LogP contribution is 2.39. The lowest BCUT2D eigenvalue weighted by atomic mass is 9.85. The second-order valence-electron chi connectivity index (χ2n) is 7.48. The first kappa shape index (κ1) is 20.8. The van der Waals surface area contributed by atoms with Crippen molar-refractivity contribution in [3.63, 3.8) is 0 Å². The molecule has 150 valence electrons. The van der Waals surface area contributed by atoms with Gasteiger partial charge in [-0.2, -0.15) is 0 Å². The van der Waals surface area contributed by atoms with Crippen LogP contribution in [0.3, 0.4) is 0 Å². The smallest absolute Gasteiger partial charge is 0.337 e. The van der Waals surface area contributed by atoms with Crippen LogP contribution in [-0.4, -0.2) is 18.9 Å². The van der Waals surface area contributed by atoms with Gasteiger partial charge in [0.15, 0.2) is 0 Å². The summed E-state index contributed by atoms with van der Waals surface area (Å²) >= 11 is 0. The first-order chi connectivity index (χ1) is 14.1. The second kappa shape index (κ2) is 10.0. The van der Waals surface area contributed by atoms with Crippen LogP contribution in [0.5, 0.6) is 0 Å². The van der Waals surface area contributed by atoms with Crippen molar-refractivity contribution in [3.8, 4) is 0 Å². The molecule has 1 unspecified atom stereocenters. The predicted octanol–water partition coefficient (Wildman–Crippen LogP) is 5.80. The minimum absolute atomic E-state index is 0.191. The molecule has 3 heteroatoms. The first-order valence-corrected chi connectivity index (χ1v) is 10.3. The fourth-order valence-corrected chi connectivity index (χ4v) is 3.97. The average molecular weight is 389 g/mol. The minimum Gasteiger partial charge on any atom is -0.465 e. The molecule has 1 aliphatic rings. The van der Waals surface area contributed by atoms with E-state index in [4.69, 9.17) is 4.74 Å². The van der Waals surface area contributed by atoms with Gasteiger partial charge in [-0.3, -0.25) is 4.79 Å². The number of esters is 1. The number of methoxy groups -OCH3 is 1. The Kier molecular flexibility index (Phi) is 7.18. The fourth-order valence-electron chi connectivity index (χ4n) is 3.97. The van der Waals surface area contributed by atoms with Crippen LogP contribution in [0, 0.1) is 5.92 Å². The van der Waals surface area contributed by atoms with Gasteiger partial charge in [-0.1, -0.05) is 73.5 Å². The lowest BCUT2D eigenvalue weighted by Crippen LogP contribution is -2.08. The van der Waals surface area contributed by atoms with Crippen molar-refractivity contribution in [2.24, 2.45) is 5.92 Å². The lowest BCUT2D eigenvalue weighted by Gasteiger charge is -2.19. The molecule has 0 radical (unpaired) electrons. The largest absolute Gasteiger partial charge is 0.465 e. The summed E-state index contributed by atoms with van der Waals surface area (Å²) in [6.07, 6.45) is 8.28. The molecule has 1 aliphatic carbocycles. The van der Waals surface area contributed by atoms with E-state index in [9.17, 15) is 9.59 Å². The van der Waals surface area contributed by atoms with Gasteiger partial charge in [0.25, 0.3) is 0 Å². The maximum absolute atomic E-state index is 12.6. The van der Waals surface area contributed by atoms with Crippen LogP contribution in [0.4, 0.5) is 0 Å². The van der Waals surface area contributed by atoms with Crippen LogP contribution in [0.25, 0.3) is 5.57 Å². The SMILES string of the molecule is CCCC1C(CCC(=O)Cc2cccc(C(=O)OC)c2)=CC=C1c1ccccc1. The number of rotatable bonds is 9. The Morgan fingerprint density at radius 2 is 1.79 bits per heavy atom. The Bertz CT molecular complexity index is 922. The van der Waals surface area contributed by atoms with Crippen molar-refractivity contribution in [1.29, 1.82) is 0 Å². The van der Waals surface area contributed by atoms with Crippen molar-refractivity contribution in [2.75, 3.05) is 7.11 Å². The summed E-state index contributed by atoms with van der Waals surface area (Å²) in [6, 6.07) is 17.6. The quantitative estimate of drug-likeness (QED) is 0.510. The van der Waals surface area contributed by atoms with E-state index < -0.39 is 0 Å². The zero-order valence-corrected chi connectivity index (χ0v) is 17.2. The highest BCUT2D eigenvalue weighted by atomic mass is 16.5. The van der Waals surface area contributed by atoms with Crippen molar-refractivity contribution in [1.82, 2.24) is 0 Å². The number of ether oxygens (including phenoxy) is 1. The molecule has 0 amide bonds. The molecule has 29 heavy (non-hydrogen) atoms. The monoisotopic (exact) mass is 388 g/mol. The van der Waals surface area contributed by atoms with Crippen molar-refractivity contribution >= 4 is 17.3 Å². The molecule has 0 aromatic heterocycles. The van der Waals surface area contributed by atoms with E-state index >= 15 is 0 Å². The Morgan fingerprint density at radius 3 is 2.52 bits per heavy atom. The minimum atomic E-state index is -0.377. The molecule has 1 atom stereocenters. The van der Waals surface area contributed by atoms with Gasteiger partial charge in [0.05, 0.1) is 12.7 Å². The van der Waals surface area contributed by atoms with Crippen molar-refractivity contribution in [2.45, 2.75) is 39.0 Å². The van der Waals surface area contributed by atoms with E-state index in [1.54, 1.807) is 18.2 Å². The Balaban J connectivity index is 1.59. The van der Waals surface area contributed by atoms with E-state index in [-0.39, 0.29) is 11.8 Å². The van der Waals surface area contributed by atoms with Gasteiger partial charge in [-0.25, -0.2) is 4.79 Å². The average Bonchev–Trinajstić information content (AvgIpc) is 3.15. The maximum atomic E-state index is 12.6. The molecule has 3 rings (SSSR count). The number of carbonyl (C=O) groups is 2. The highest BCUT2D eigenvalue weighted by molar-refractivity contribution is 5.90. The van der Waals surface area contributed by atoms with Crippen LogP contribution in [0.1, 0.15) is 54.1 Å². The zero-order valence-electron chi connectivity index (χ0n) is 17.2. The molecule has 0 aliphatic heterocycles. The molecule has 0 bridgehead atoms. The van der Waals surface area contributed by atoms with Crippen LogP contribution in [0.2, 0.25) is 0 Å². The predicted molar refractivity (Wildman–Crippen MR) is 117 cm³/mol. The molecule has 0 saturated heterocycles. The molecule has 0 fully saturated rings. The Hall–Kier alpha value is -2.94. The Morgan fingerprint density at radius 1 is 1.00 bits per heavy atom. The summed E-state index contributed by atoms with van der Waals surface area (Å²) in [5, 5.41) is 0. The summed E-state index contributed by atoms with van der Waals surface area (Å²) in [4.78, 5) is 24.3. The normalized spacial score (nSPS) is 15.6. The topological polar surface area (TPSA) is 43.4 Å². The second-order valence-corrected chi connectivity index (χ2v) is 7.48. The number of benzene rings is 2. The lowest BCUT2D eigenvalue weighted by molar-refractivity contribution is -0.118. The maximum Gasteiger partial charge on any atom is 0.337 e. The fraction of sp³-hybridized carbons (Fsp3) is 0.308. The van der Waals surface area contributed by atoms with E-state index in [0.29, 0.717) is 24.3 Å². The molecular weight excluding hydrogens is 360 g/mol. The Labute approximate surface area is 173 Å². The molecule has 0 spiro atoms. The van der Waals surface area contributed by atoms with Gasteiger partial charge in [0.1, 0.15) is 5.78 Å². The standard InChI is InChI=1S/C26H28O3/c1-3-8-24-21(14-16-25(24)20-10-5-4-6-11-20)13-15-23(27)18-19-9-7-12-22(17-19)26(28)29-2/h4-7,9-12,14,16-17,24H,3,8,13,15,18H2,1-2H3. The van der Waals surface area contributed by atoms with Crippen LogP contribution in [-0.2, 0) is 16.0 Å². The van der Waals surface area contributed by atoms with E-state index in [1.807, 2.05) is 12.1 Å². The summed E-state index contributed by atoms with van der Waals surface area (Å²) in [5.41, 5.74) is 5.31. The molecule has 3 nitrogen and oxygen atoms in total. The molecule has 0 N–H and O–H groups in total. The van der Waals surface area contributed by atoms with Gasteiger partial charge in [0, 0.05) is 18.8 Å². The third kappa shape index (κ3) is 5.32. The summed E-state index contributed by atoms with van der Waals surface area (Å²) in [6.45, 7) is 2.21. The zero-order chi connectivity index (χ0) is 20.6. The highest BCUT2D eigenvalue weighted by Gasteiger charge is 2.23.